The normalized spacial score (nSPS) is 12.2. The molecule has 0 saturated carbocycles. The van der Waals surface area contributed by atoms with Crippen LogP contribution in [0, 0.1) is 10.1 Å². The van der Waals surface area contributed by atoms with Crippen molar-refractivity contribution in [2.24, 2.45) is 0 Å². The highest BCUT2D eigenvalue weighted by molar-refractivity contribution is 5.76. The average molecular weight is 310 g/mol. The van der Waals surface area contributed by atoms with Crippen molar-refractivity contribution >= 4 is 18.1 Å². The summed E-state index contributed by atoms with van der Waals surface area (Å²) in [6.07, 6.45) is -0.451. The second-order valence-electron chi connectivity index (χ2n) is 5.42. The van der Waals surface area contributed by atoms with E-state index in [0.29, 0.717) is 6.29 Å². The topological polar surface area (TPSA) is 108 Å². The number of alkyl carbamates (subject to hydrolysis) is 1. The fourth-order valence-corrected chi connectivity index (χ4v) is 1.77. The van der Waals surface area contributed by atoms with E-state index < -0.39 is 22.7 Å². The average Bonchev–Trinajstić information content (AvgIpc) is 2.41. The van der Waals surface area contributed by atoms with E-state index in [9.17, 15) is 19.7 Å². The van der Waals surface area contributed by atoms with Crippen molar-refractivity contribution < 1.29 is 24.0 Å². The number of benzene rings is 1. The van der Waals surface area contributed by atoms with Gasteiger partial charge in [0.25, 0.3) is 0 Å². The lowest BCUT2D eigenvalue weighted by Crippen LogP contribution is -2.35. The Kier molecular flexibility index (Phi) is 5.44. The number of amides is 1. The molecular weight excluding hydrogens is 292 g/mol. The van der Waals surface area contributed by atoms with Gasteiger partial charge in [-0.25, -0.2) is 4.79 Å². The first-order valence-corrected chi connectivity index (χ1v) is 6.45. The molecule has 1 aromatic carbocycles. The summed E-state index contributed by atoms with van der Waals surface area (Å²) in [4.78, 5) is 33.5. The van der Waals surface area contributed by atoms with Gasteiger partial charge in [0, 0.05) is 0 Å². The minimum atomic E-state index is -1.22. The smallest absolute Gasteiger partial charge is 0.408 e. The van der Waals surface area contributed by atoms with Crippen molar-refractivity contribution in [1.82, 2.24) is 5.32 Å². The lowest BCUT2D eigenvalue weighted by Gasteiger charge is -2.21. The Morgan fingerprint density at radius 2 is 2.05 bits per heavy atom. The van der Waals surface area contributed by atoms with Gasteiger partial charge in [-0.15, -0.1) is 0 Å². The van der Waals surface area contributed by atoms with Gasteiger partial charge < -0.3 is 19.6 Å². The maximum atomic E-state index is 11.7. The molecule has 0 aliphatic carbocycles. The molecule has 0 bridgehead atoms. The van der Waals surface area contributed by atoms with Crippen LogP contribution in [-0.2, 0) is 9.53 Å². The third-order valence-electron chi connectivity index (χ3n) is 2.58. The van der Waals surface area contributed by atoms with Gasteiger partial charge in [-0.3, -0.25) is 10.1 Å². The van der Waals surface area contributed by atoms with Gasteiger partial charge in [0.15, 0.2) is 5.75 Å². The van der Waals surface area contributed by atoms with Crippen molar-refractivity contribution in [2.45, 2.75) is 32.4 Å². The quantitative estimate of drug-likeness (QED) is 0.508. The highest BCUT2D eigenvalue weighted by atomic mass is 16.6. The van der Waals surface area contributed by atoms with Crippen LogP contribution in [0.4, 0.5) is 10.5 Å². The standard InChI is InChI=1S/C14H18N2O6/c1-14(2,3)22-13(18)15-10(8-17)9-6-5-7-11(21-4)12(9)16(19)20/h5-8,10H,1-4H3,(H,15,18). The molecule has 120 valence electrons. The number of nitrogens with zero attached hydrogens (tertiary/aromatic N) is 1. The van der Waals surface area contributed by atoms with E-state index in [1.807, 2.05) is 0 Å². The summed E-state index contributed by atoms with van der Waals surface area (Å²) in [6.45, 7) is 4.99. The van der Waals surface area contributed by atoms with Gasteiger partial charge in [-0.2, -0.15) is 0 Å². The largest absolute Gasteiger partial charge is 0.490 e. The van der Waals surface area contributed by atoms with Crippen LogP contribution in [0.2, 0.25) is 0 Å². The molecule has 0 spiro atoms. The number of carbonyl (C=O) groups excluding carboxylic acids is 2. The number of aldehydes is 1. The van der Waals surface area contributed by atoms with Crippen LogP contribution >= 0.6 is 0 Å². The number of hydrogen-bond acceptors (Lipinski definition) is 6. The first kappa shape index (κ1) is 17.4. The van der Waals surface area contributed by atoms with E-state index in [4.69, 9.17) is 9.47 Å². The predicted molar refractivity (Wildman–Crippen MR) is 77.8 cm³/mol. The molecule has 1 amide bonds. The third-order valence-corrected chi connectivity index (χ3v) is 2.58. The van der Waals surface area contributed by atoms with Crippen molar-refractivity contribution in [3.63, 3.8) is 0 Å². The fraction of sp³-hybridized carbons (Fsp3) is 0.429. The second-order valence-corrected chi connectivity index (χ2v) is 5.42. The van der Waals surface area contributed by atoms with Gasteiger partial charge in [0.1, 0.15) is 17.9 Å². The molecule has 0 fully saturated rings. The molecule has 0 heterocycles. The van der Waals surface area contributed by atoms with Crippen molar-refractivity contribution in [2.75, 3.05) is 7.11 Å². The molecule has 22 heavy (non-hydrogen) atoms. The summed E-state index contributed by atoms with van der Waals surface area (Å²) in [6, 6.07) is 3.05. The second kappa shape index (κ2) is 6.88. The summed E-state index contributed by atoms with van der Waals surface area (Å²) in [7, 11) is 1.28. The zero-order chi connectivity index (χ0) is 16.9. The molecule has 1 N–H and O–H groups in total. The number of carbonyl (C=O) groups is 2. The molecule has 0 radical (unpaired) electrons. The van der Waals surface area contributed by atoms with E-state index in [2.05, 4.69) is 5.32 Å². The summed E-state index contributed by atoms with van der Waals surface area (Å²) in [5, 5.41) is 13.5. The number of nitro groups is 1. The molecule has 1 rings (SSSR count). The van der Waals surface area contributed by atoms with Crippen LogP contribution in [0.25, 0.3) is 0 Å². The maximum Gasteiger partial charge on any atom is 0.408 e. The minimum absolute atomic E-state index is 0.000314. The fourth-order valence-electron chi connectivity index (χ4n) is 1.77. The Morgan fingerprint density at radius 3 is 2.50 bits per heavy atom. The lowest BCUT2D eigenvalue weighted by atomic mass is 10.1. The SMILES string of the molecule is COc1cccc(C(C=O)NC(=O)OC(C)(C)C)c1[N+](=O)[O-]. The summed E-state index contributed by atoms with van der Waals surface area (Å²) in [5.41, 5.74) is -1.11. The zero-order valence-corrected chi connectivity index (χ0v) is 12.8. The van der Waals surface area contributed by atoms with Gasteiger partial charge in [0.2, 0.25) is 0 Å². The number of rotatable bonds is 5. The van der Waals surface area contributed by atoms with Crippen molar-refractivity contribution in [3.05, 3.63) is 33.9 Å². The summed E-state index contributed by atoms with van der Waals surface area (Å²) in [5.74, 6) is 0.000314. The Labute approximate surface area is 127 Å². The minimum Gasteiger partial charge on any atom is -0.490 e. The number of ether oxygens (including phenoxy) is 2. The van der Waals surface area contributed by atoms with Crippen LogP contribution in [0.15, 0.2) is 18.2 Å². The number of nitro benzene ring substituents is 1. The highest BCUT2D eigenvalue weighted by Crippen LogP contribution is 2.33. The first-order valence-electron chi connectivity index (χ1n) is 6.45. The summed E-state index contributed by atoms with van der Waals surface area (Å²) < 4.78 is 9.96. The molecule has 1 aromatic rings. The third kappa shape index (κ3) is 4.44. The molecule has 0 saturated heterocycles. The summed E-state index contributed by atoms with van der Waals surface area (Å²) >= 11 is 0. The number of para-hydroxylation sites is 1. The lowest BCUT2D eigenvalue weighted by molar-refractivity contribution is -0.386. The van der Waals surface area contributed by atoms with Crippen molar-refractivity contribution in [3.8, 4) is 5.75 Å². The molecule has 1 unspecified atom stereocenters. The maximum absolute atomic E-state index is 11.7. The monoisotopic (exact) mass is 310 g/mol. The van der Waals surface area contributed by atoms with E-state index in [1.165, 1.54) is 25.3 Å². The molecule has 0 aliphatic rings. The predicted octanol–water partition coefficient (Wildman–Crippen LogP) is 2.37. The van der Waals surface area contributed by atoms with Crippen LogP contribution in [-0.4, -0.2) is 30.0 Å². The molecule has 1 atom stereocenters. The number of nitrogens with one attached hydrogen (secondary N) is 1. The van der Waals surface area contributed by atoms with Crippen LogP contribution in [0.3, 0.4) is 0 Å². The zero-order valence-electron chi connectivity index (χ0n) is 12.8. The van der Waals surface area contributed by atoms with Gasteiger partial charge in [-0.05, 0) is 32.9 Å². The molecular formula is C14H18N2O6. The molecule has 0 aromatic heterocycles. The molecule has 8 nitrogen and oxygen atoms in total. The van der Waals surface area contributed by atoms with E-state index in [-0.39, 0.29) is 17.0 Å². The van der Waals surface area contributed by atoms with Crippen LogP contribution in [0.1, 0.15) is 32.4 Å². The highest BCUT2D eigenvalue weighted by Gasteiger charge is 2.28. The van der Waals surface area contributed by atoms with Crippen LogP contribution < -0.4 is 10.1 Å². The Hall–Kier alpha value is -2.64. The number of hydrogen-bond donors (Lipinski definition) is 1. The van der Waals surface area contributed by atoms with Crippen LogP contribution in [0.5, 0.6) is 5.75 Å². The Balaban J connectivity index is 3.13. The molecule has 0 aliphatic heterocycles. The van der Waals surface area contributed by atoms with Gasteiger partial charge >= 0.3 is 11.8 Å². The Morgan fingerprint density at radius 1 is 1.41 bits per heavy atom. The van der Waals surface area contributed by atoms with E-state index >= 15 is 0 Å². The Bertz CT molecular complexity index is 579. The first-order chi connectivity index (χ1) is 10.2. The van der Waals surface area contributed by atoms with E-state index in [0.717, 1.165) is 0 Å². The van der Waals surface area contributed by atoms with E-state index in [1.54, 1.807) is 20.8 Å². The number of methoxy groups -OCH3 is 1. The van der Waals surface area contributed by atoms with Gasteiger partial charge in [-0.1, -0.05) is 6.07 Å². The molecule has 8 heteroatoms. The van der Waals surface area contributed by atoms with Crippen molar-refractivity contribution in [1.29, 1.82) is 0 Å². The van der Waals surface area contributed by atoms with Gasteiger partial charge in [0.05, 0.1) is 17.6 Å².